The smallest absolute Gasteiger partial charge is 0.390 e. The number of hydrogen-bond acceptors (Lipinski definition) is 5. The van der Waals surface area contributed by atoms with E-state index in [-0.39, 0.29) is 11.3 Å². The van der Waals surface area contributed by atoms with Gasteiger partial charge in [0.05, 0.1) is 11.4 Å². The van der Waals surface area contributed by atoms with Crippen LogP contribution in [-0.2, 0) is 19.1 Å². The molecule has 0 aliphatic carbocycles. The molecule has 0 unspecified atom stereocenters. The summed E-state index contributed by atoms with van der Waals surface area (Å²) < 4.78 is 10.5. The van der Waals surface area contributed by atoms with Gasteiger partial charge < -0.3 is 14.6 Å². The van der Waals surface area contributed by atoms with Crippen molar-refractivity contribution in [1.29, 1.82) is 0 Å². The summed E-state index contributed by atoms with van der Waals surface area (Å²) in [6.07, 6.45) is 0. The van der Waals surface area contributed by atoms with Crippen molar-refractivity contribution < 1.29 is 28.9 Å². The van der Waals surface area contributed by atoms with Gasteiger partial charge in [0.1, 0.15) is 13.2 Å². The zero-order valence-electron chi connectivity index (χ0n) is 10.8. The quantitative estimate of drug-likeness (QED) is 0.173. The van der Waals surface area contributed by atoms with Crippen molar-refractivity contribution >= 4 is 6.47 Å². The second-order valence-electron chi connectivity index (χ2n) is 3.55. The van der Waals surface area contributed by atoms with Crippen LogP contribution in [0.25, 0.3) is 0 Å². The molecule has 0 saturated carbocycles. The van der Waals surface area contributed by atoms with Crippen LogP contribution in [-0.4, -0.2) is 68.9 Å². The van der Waals surface area contributed by atoms with Crippen LogP contribution in [0.15, 0.2) is 0 Å². The minimum Gasteiger partial charge on any atom is -0.390 e. The minimum atomic E-state index is -0.0495. The fourth-order valence-electron chi connectivity index (χ4n) is 1.52. The molecule has 0 amide bonds. The molecule has 0 fully saturated rings. The molecular formula is C11H24NO5+2. The van der Waals surface area contributed by atoms with E-state index in [1.54, 1.807) is 0 Å². The highest BCUT2D eigenvalue weighted by Crippen LogP contribution is 2.07. The number of aliphatic hydroxyl groups is 1. The van der Waals surface area contributed by atoms with Crippen LogP contribution < -0.4 is 0 Å². The molecule has 0 aromatic carbocycles. The second-order valence-corrected chi connectivity index (χ2v) is 3.55. The summed E-state index contributed by atoms with van der Waals surface area (Å²) in [7, 11) is 0. The molecule has 0 aromatic heterocycles. The maximum Gasteiger partial charge on any atom is 0.629 e. The Morgan fingerprint density at radius 3 is 1.94 bits per heavy atom. The summed E-state index contributed by atoms with van der Waals surface area (Å²) in [6, 6.07) is 0. The van der Waals surface area contributed by atoms with E-state index in [1.165, 1.54) is 0 Å². The molecule has 0 aliphatic rings. The second kappa shape index (κ2) is 10.5. The lowest BCUT2D eigenvalue weighted by Gasteiger charge is -2.25. The Hall–Kier alpha value is -0.690. The normalized spacial score (nSPS) is 11.5. The number of hydroxylamine groups is 3. The monoisotopic (exact) mass is 250 g/mol. The standard InChI is InChI=1S/C11H24NO5/c1-3-15-9-6-12(5-8-13,17-11-14)7-10-16-4-2/h11,13H,3-10H2,1-2H3/q+2. The maximum atomic E-state index is 10.6. The van der Waals surface area contributed by atoms with Crippen molar-refractivity contribution in [3.8, 4) is 0 Å². The Morgan fingerprint density at radius 1 is 1.06 bits per heavy atom. The van der Waals surface area contributed by atoms with Crippen molar-refractivity contribution in [2.24, 2.45) is 0 Å². The summed E-state index contributed by atoms with van der Waals surface area (Å²) in [5.74, 6) is 0. The number of rotatable bonds is 12. The van der Waals surface area contributed by atoms with E-state index in [2.05, 4.69) is 0 Å². The molecular weight excluding hydrogens is 226 g/mol. The van der Waals surface area contributed by atoms with Crippen LogP contribution in [0.2, 0.25) is 0 Å². The van der Waals surface area contributed by atoms with Gasteiger partial charge in [0, 0.05) is 13.2 Å². The predicted octanol–water partition coefficient (Wildman–Crippen LogP) is -0.0435. The molecule has 0 atom stereocenters. The summed E-state index contributed by atoms with van der Waals surface area (Å²) in [5.41, 5.74) is 0. The highest BCUT2D eigenvalue weighted by Gasteiger charge is 2.36. The van der Waals surface area contributed by atoms with Gasteiger partial charge in [-0.1, -0.05) is 4.84 Å². The Balaban J connectivity index is 4.30. The van der Waals surface area contributed by atoms with Gasteiger partial charge in [-0.05, 0) is 18.5 Å². The zero-order valence-corrected chi connectivity index (χ0v) is 10.8. The van der Waals surface area contributed by atoms with Gasteiger partial charge in [0.15, 0.2) is 19.6 Å². The minimum absolute atomic E-state index is 0.0417. The molecule has 101 valence electrons. The first-order valence-corrected chi connectivity index (χ1v) is 5.99. The maximum absolute atomic E-state index is 10.6. The number of hydrogen-bond donors (Lipinski definition) is 1. The Kier molecular flexibility index (Phi) is 10.0. The predicted molar refractivity (Wildman–Crippen MR) is 62.1 cm³/mol. The third kappa shape index (κ3) is 7.27. The molecule has 0 aromatic rings. The van der Waals surface area contributed by atoms with Crippen LogP contribution in [0.4, 0.5) is 0 Å². The summed E-state index contributed by atoms with van der Waals surface area (Å²) in [5, 5.41) is 9.05. The van der Waals surface area contributed by atoms with Crippen LogP contribution in [0, 0.1) is 0 Å². The van der Waals surface area contributed by atoms with Crippen LogP contribution in [0.1, 0.15) is 13.8 Å². The Morgan fingerprint density at radius 2 is 1.59 bits per heavy atom. The van der Waals surface area contributed by atoms with Crippen LogP contribution in [0.5, 0.6) is 0 Å². The number of carbonyl (C=O) groups excluding carboxylic acids is 1. The molecule has 1 N–H and O–H groups in total. The largest absolute Gasteiger partial charge is 0.629 e. The number of nitrogens with zero attached hydrogens (tertiary/aromatic N) is 1. The fourth-order valence-corrected chi connectivity index (χ4v) is 1.52. The molecule has 17 heavy (non-hydrogen) atoms. The van der Waals surface area contributed by atoms with E-state index in [0.29, 0.717) is 52.5 Å². The summed E-state index contributed by atoms with van der Waals surface area (Å²) >= 11 is 0. The van der Waals surface area contributed by atoms with E-state index < -0.39 is 0 Å². The number of ether oxygens (including phenoxy) is 2. The van der Waals surface area contributed by atoms with Gasteiger partial charge in [-0.3, -0.25) is 0 Å². The van der Waals surface area contributed by atoms with Crippen molar-refractivity contribution in [3.63, 3.8) is 0 Å². The van der Waals surface area contributed by atoms with Gasteiger partial charge in [-0.25, -0.2) is 0 Å². The Labute approximate surface area is 103 Å². The van der Waals surface area contributed by atoms with Crippen molar-refractivity contribution in [2.45, 2.75) is 13.8 Å². The third-order valence-corrected chi connectivity index (χ3v) is 2.47. The van der Waals surface area contributed by atoms with Gasteiger partial charge >= 0.3 is 6.47 Å². The van der Waals surface area contributed by atoms with Gasteiger partial charge in [0.25, 0.3) is 0 Å². The van der Waals surface area contributed by atoms with Crippen molar-refractivity contribution in [2.75, 3.05) is 52.7 Å². The van der Waals surface area contributed by atoms with E-state index in [0.717, 1.165) is 0 Å². The molecule has 1 radical (unpaired) electrons. The lowest BCUT2D eigenvalue weighted by Crippen LogP contribution is -2.53. The molecule has 0 heterocycles. The first-order chi connectivity index (χ1) is 8.24. The molecule has 0 spiro atoms. The highest BCUT2D eigenvalue weighted by atomic mass is 16.7. The number of carbonyl (C=O) groups is 1. The third-order valence-electron chi connectivity index (χ3n) is 2.47. The lowest BCUT2D eigenvalue weighted by molar-refractivity contribution is -1.09. The van der Waals surface area contributed by atoms with E-state index in [4.69, 9.17) is 19.4 Å². The van der Waals surface area contributed by atoms with Gasteiger partial charge in [-0.2, -0.15) is 0 Å². The highest BCUT2D eigenvalue weighted by molar-refractivity contribution is 5.35. The van der Waals surface area contributed by atoms with Crippen molar-refractivity contribution in [3.05, 3.63) is 0 Å². The molecule has 0 bridgehead atoms. The lowest BCUT2D eigenvalue weighted by atomic mass is 10.4. The molecule has 0 aliphatic heterocycles. The van der Waals surface area contributed by atoms with E-state index >= 15 is 0 Å². The number of quaternary nitrogens is 1. The first-order valence-electron chi connectivity index (χ1n) is 5.99. The van der Waals surface area contributed by atoms with E-state index in [9.17, 15) is 4.79 Å². The molecule has 0 saturated heterocycles. The molecule has 6 nitrogen and oxygen atoms in total. The average Bonchev–Trinajstić information content (AvgIpc) is 2.30. The van der Waals surface area contributed by atoms with E-state index in [1.807, 2.05) is 13.8 Å². The first kappa shape index (κ1) is 16.3. The summed E-state index contributed by atoms with van der Waals surface area (Å²) in [4.78, 5) is 15.7. The topological polar surface area (TPSA) is 67.8 Å². The number of aliphatic hydroxyl groups excluding tert-OH is 1. The van der Waals surface area contributed by atoms with Crippen molar-refractivity contribution in [1.82, 2.24) is 0 Å². The van der Waals surface area contributed by atoms with Crippen LogP contribution in [0.3, 0.4) is 0 Å². The van der Waals surface area contributed by atoms with Gasteiger partial charge in [-0.15, -0.1) is 0 Å². The molecule has 6 heteroatoms. The average molecular weight is 250 g/mol. The summed E-state index contributed by atoms with van der Waals surface area (Å²) in [6.45, 7) is 7.74. The fraction of sp³-hybridized carbons (Fsp3) is 0.909. The Bertz CT molecular complexity index is 179. The zero-order chi connectivity index (χ0) is 13.0. The SMILES string of the molecule is CCOCC[N+](CCO)(CCOCC)OC=[O+]. The van der Waals surface area contributed by atoms with Crippen LogP contribution >= 0.6 is 0 Å². The molecule has 0 rings (SSSR count). The van der Waals surface area contributed by atoms with Gasteiger partial charge in [0.2, 0.25) is 0 Å².